The summed E-state index contributed by atoms with van der Waals surface area (Å²) < 4.78 is 13.5. The second kappa shape index (κ2) is 34.3. The van der Waals surface area contributed by atoms with Gasteiger partial charge in [-0.3, -0.25) is 0 Å². The van der Waals surface area contributed by atoms with Crippen LogP contribution < -0.4 is 22.7 Å². The third kappa shape index (κ3) is 34.2. The summed E-state index contributed by atoms with van der Waals surface area (Å²) >= 11 is 0. The molecule has 0 rings (SSSR count). The van der Waals surface area contributed by atoms with Crippen molar-refractivity contribution in [1.82, 2.24) is 0 Å². The zero-order chi connectivity index (χ0) is 29.4. The summed E-state index contributed by atoms with van der Waals surface area (Å²) in [6.07, 6.45) is 36.7. The van der Waals surface area contributed by atoms with Crippen LogP contribution >= 0.6 is 0 Å². The highest BCUT2D eigenvalue weighted by Crippen LogP contribution is 2.12. The standard InChI is InChI=1S/C36H73N2O2.BrH/c1-5-7-9-11-13-15-17-19-21-23-25-27-32-39-35-36(34-38(3,4)31-29-30-37)40-33-28-26-24-22-20-18-16-14-12-10-8-6-2;/h11-14,36H,5-10,15-35,37H2,1-4H3;1H/q+1;/p-1/b13-11+,14-12+;. The molecule has 0 spiro atoms. The molecule has 0 aliphatic carbocycles. The molecule has 1 unspecified atom stereocenters. The highest BCUT2D eigenvalue weighted by Gasteiger charge is 2.22. The molecular formula is C36H73BrN2O2. The number of hydrogen-bond donors (Lipinski definition) is 1. The Hall–Kier alpha value is -0.200. The SMILES string of the molecule is CCCC/C=C/CCCCCCCCOCC(C[N+](C)(C)CCCN)OCCCCCCCC/C=C/CCCC.[Br-]. The fourth-order valence-corrected chi connectivity index (χ4v) is 5.14. The van der Waals surface area contributed by atoms with Crippen molar-refractivity contribution < 1.29 is 30.9 Å². The number of nitrogens with two attached hydrogens (primary N) is 1. The average molecular weight is 646 g/mol. The summed E-state index contributed by atoms with van der Waals surface area (Å²) in [5, 5.41) is 0. The summed E-state index contributed by atoms with van der Waals surface area (Å²) in [5.41, 5.74) is 5.78. The number of rotatable bonds is 32. The molecule has 0 aromatic heterocycles. The van der Waals surface area contributed by atoms with Crippen LogP contribution in [0.3, 0.4) is 0 Å². The van der Waals surface area contributed by atoms with Gasteiger partial charge in [0.05, 0.1) is 27.2 Å². The van der Waals surface area contributed by atoms with Crippen LogP contribution in [-0.4, -0.2) is 64.1 Å². The van der Waals surface area contributed by atoms with E-state index in [9.17, 15) is 0 Å². The lowest BCUT2D eigenvalue weighted by Gasteiger charge is -2.33. The average Bonchev–Trinajstić information content (AvgIpc) is 2.94. The summed E-state index contributed by atoms with van der Waals surface area (Å²) in [6, 6.07) is 0. The van der Waals surface area contributed by atoms with Crippen LogP contribution in [0.15, 0.2) is 24.3 Å². The number of nitrogens with zero attached hydrogens (tertiary/aromatic N) is 1. The van der Waals surface area contributed by atoms with E-state index in [2.05, 4.69) is 52.2 Å². The van der Waals surface area contributed by atoms with Crippen molar-refractivity contribution in [1.29, 1.82) is 0 Å². The second-order valence-corrected chi connectivity index (χ2v) is 12.6. The van der Waals surface area contributed by atoms with E-state index in [4.69, 9.17) is 15.2 Å². The van der Waals surface area contributed by atoms with Gasteiger partial charge < -0.3 is 36.7 Å². The summed E-state index contributed by atoms with van der Waals surface area (Å²) in [6.45, 7) is 9.82. The maximum atomic E-state index is 6.38. The smallest absolute Gasteiger partial charge is 0.130 e. The van der Waals surface area contributed by atoms with Crippen LogP contribution in [0.4, 0.5) is 0 Å². The Labute approximate surface area is 268 Å². The number of ether oxygens (including phenoxy) is 2. The van der Waals surface area contributed by atoms with E-state index in [0.29, 0.717) is 0 Å². The van der Waals surface area contributed by atoms with Crippen LogP contribution in [-0.2, 0) is 9.47 Å². The van der Waals surface area contributed by atoms with Crippen LogP contribution in [0.5, 0.6) is 0 Å². The first-order chi connectivity index (χ1) is 19.6. The van der Waals surface area contributed by atoms with Gasteiger partial charge in [-0.2, -0.15) is 0 Å². The van der Waals surface area contributed by atoms with Crippen molar-refractivity contribution in [3.8, 4) is 0 Å². The highest BCUT2D eigenvalue weighted by molar-refractivity contribution is 4.81. The minimum Gasteiger partial charge on any atom is -1.00 e. The minimum absolute atomic E-state index is 0. The number of hydrogen-bond acceptors (Lipinski definition) is 3. The first kappa shape index (κ1) is 42.9. The predicted octanol–water partition coefficient (Wildman–Crippen LogP) is 6.77. The van der Waals surface area contributed by atoms with Gasteiger partial charge in [-0.1, -0.05) is 115 Å². The quantitative estimate of drug-likeness (QED) is 0.0499. The van der Waals surface area contributed by atoms with E-state index in [-0.39, 0.29) is 23.1 Å². The van der Waals surface area contributed by atoms with Gasteiger partial charge in [0.1, 0.15) is 12.6 Å². The largest absolute Gasteiger partial charge is 1.00 e. The lowest BCUT2D eigenvalue weighted by molar-refractivity contribution is -0.893. The van der Waals surface area contributed by atoms with Crippen molar-refractivity contribution in [2.75, 3.05) is 53.6 Å². The zero-order valence-electron chi connectivity index (χ0n) is 28.2. The highest BCUT2D eigenvalue weighted by atomic mass is 79.9. The molecule has 0 aromatic rings. The Kier molecular flexibility index (Phi) is 35.9. The minimum atomic E-state index is 0. The maximum Gasteiger partial charge on any atom is 0.130 e. The predicted molar refractivity (Wildman–Crippen MR) is 178 cm³/mol. The molecule has 0 aliphatic heterocycles. The molecule has 0 heterocycles. The van der Waals surface area contributed by atoms with E-state index in [0.717, 1.165) is 56.8 Å². The molecule has 0 fully saturated rings. The Morgan fingerprint density at radius 3 is 1.51 bits per heavy atom. The van der Waals surface area contributed by atoms with Crippen molar-refractivity contribution in [2.24, 2.45) is 5.73 Å². The van der Waals surface area contributed by atoms with Crippen molar-refractivity contribution in [3.63, 3.8) is 0 Å². The zero-order valence-corrected chi connectivity index (χ0v) is 29.8. The van der Waals surface area contributed by atoms with Crippen LogP contribution in [0.2, 0.25) is 0 Å². The summed E-state index contributed by atoms with van der Waals surface area (Å²) in [5.74, 6) is 0. The Morgan fingerprint density at radius 1 is 0.585 bits per heavy atom. The van der Waals surface area contributed by atoms with Gasteiger partial charge in [0.25, 0.3) is 0 Å². The summed E-state index contributed by atoms with van der Waals surface area (Å²) in [4.78, 5) is 0. The number of allylic oxidation sites excluding steroid dienone is 4. The van der Waals surface area contributed by atoms with Gasteiger partial charge in [-0.15, -0.1) is 0 Å². The molecule has 1 atom stereocenters. The van der Waals surface area contributed by atoms with Crippen LogP contribution in [0.1, 0.15) is 149 Å². The van der Waals surface area contributed by atoms with E-state index in [1.165, 1.54) is 122 Å². The fourth-order valence-electron chi connectivity index (χ4n) is 5.14. The van der Waals surface area contributed by atoms with Gasteiger partial charge in [0.15, 0.2) is 0 Å². The normalized spacial score (nSPS) is 12.9. The molecular weight excluding hydrogens is 572 g/mol. The third-order valence-corrected chi connectivity index (χ3v) is 7.78. The van der Waals surface area contributed by atoms with E-state index < -0.39 is 0 Å². The van der Waals surface area contributed by atoms with Crippen molar-refractivity contribution in [3.05, 3.63) is 24.3 Å². The van der Waals surface area contributed by atoms with E-state index in [1.54, 1.807) is 0 Å². The molecule has 0 aliphatic rings. The number of unbranched alkanes of at least 4 members (excludes halogenated alkanes) is 16. The van der Waals surface area contributed by atoms with Gasteiger partial charge in [-0.05, 0) is 57.9 Å². The monoisotopic (exact) mass is 644 g/mol. The lowest BCUT2D eigenvalue weighted by Crippen LogP contribution is -3.00. The molecule has 0 amide bonds. The number of likely N-dealkylation sites (N-methyl/N-ethyl adjacent to an activating group) is 1. The van der Waals surface area contributed by atoms with Crippen LogP contribution in [0.25, 0.3) is 0 Å². The van der Waals surface area contributed by atoms with Gasteiger partial charge >= 0.3 is 0 Å². The molecule has 0 bridgehead atoms. The molecule has 5 heteroatoms. The number of halogens is 1. The third-order valence-electron chi connectivity index (χ3n) is 7.78. The molecule has 0 aromatic carbocycles. The molecule has 0 radical (unpaired) electrons. The Morgan fingerprint density at radius 2 is 1.02 bits per heavy atom. The molecule has 2 N–H and O–H groups in total. The Balaban J connectivity index is 0. The van der Waals surface area contributed by atoms with E-state index in [1.807, 2.05) is 0 Å². The molecule has 0 saturated carbocycles. The molecule has 41 heavy (non-hydrogen) atoms. The molecule has 4 nitrogen and oxygen atoms in total. The van der Waals surface area contributed by atoms with Crippen LogP contribution in [0, 0.1) is 0 Å². The lowest BCUT2D eigenvalue weighted by atomic mass is 10.1. The topological polar surface area (TPSA) is 44.5 Å². The summed E-state index contributed by atoms with van der Waals surface area (Å²) in [7, 11) is 4.60. The first-order valence-electron chi connectivity index (χ1n) is 17.6. The first-order valence-corrected chi connectivity index (χ1v) is 17.6. The van der Waals surface area contributed by atoms with Gasteiger partial charge in [0.2, 0.25) is 0 Å². The van der Waals surface area contributed by atoms with Gasteiger partial charge in [-0.25, -0.2) is 0 Å². The van der Waals surface area contributed by atoms with E-state index >= 15 is 0 Å². The molecule has 0 saturated heterocycles. The maximum absolute atomic E-state index is 6.38. The molecule has 246 valence electrons. The number of quaternary nitrogens is 1. The van der Waals surface area contributed by atoms with Crippen molar-refractivity contribution >= 4 is 0 Å². The fraction of sp³-hybridized carbons (Fsp3) is 0.889. The van der Waals surface area contributed by atoms with Gasteiger partial charge in [0, 0.05) is 19.6 Å². The second-order valence-electron chi connectivity index (χ2n) is 12.6. The van der Waals surface area contributed by atoms with Crippen molar-refractivity contribution in [2.45, 2.75) is 155 Å². The Bertz CT molecular complexity index is 554.